The molecule has 23 heavy (non-hydrogen) atoms. The molecule has 0 N–H and O–H groups in total. The number of nitrogens with zero attached hydrogens (tertiary/aromatic N) is 1. The van der Waals surface area contributed by atoms with Crippen LogP contribution in [0.25, 0.3) is 0 Å². The van der Waals surface area contributed by atoms with Crippen LogP contribution < -0.4 is 9.47 Å². The van der Waals surface area contributed by atoms with E-state index in [2.05, 4.69) is 0 Å². The van der Waals surface area contributed by atoms with Crippen LogP contribution in [-0.4, -0.2) is 36.8 Å². The van der Waals surface area contributed by atoms with Crippen LogP contribution in [0, 0.1) is 0 Å². The summed E-state index contributed by atoms with van der Waals surface area (Å²) < 4.78 is 10.3. The molecule has 0 aliphatic carbocycles. The number of esters is 1. The van der Waals surface area contributed by atoms with Crippen molar-refractivity contribution >= 4 is 17.8 Å². The lowest BCUT2D eigenvalue weighted by Gasteiger charge is -2.06. The third-order valence-corrected chi connectivity index (χ3v) is 3.60. The van der Waals surface area contributed by atoms with Gasteiger partial charge in [-0.1, -0.05) is 0 Å². The van der Waals surface area contributed by atoms with Crippen molar-refractivity contribution in [1.29, 1.82) is 0 Å². The van der Waals surface area contributed by atoms with Gasteiger partial charge in [0.1, 0.15) is 11.5 Å². The molecule has 116 valence electrons. The summed E-state index contributed by atoms with van der Waals surface area (Å²) in [6.45, 7) is 0. The Morgan fingerprint density at radius 2 is 1.52 bits per heavy atom. The number of carbonyl (C=O) groups excluding carboxylic acids is 3. The van der Waals surface area contributed by atoms with Gasteiger partial charge in [0.2, 0.25) is 0 Å². The largest absolute Gasteiger partial charge is 0.497 e. The minimum Gasteiger partial charge on any atom is -0.497 e. The first kappa shape index (κ1) is 14.8. The maximum atomic E-state index is 12.2. The van der Waals surface area contributed by atoms with E-state index in [9.17, 15) is 14.4 Å². The number of methoxy groups -OCH3 is 1. The van der Waals surface area contributed by atoms with Crippen molar-refractivity contribution < 1.29 is 23.9 Å². The highest BCUT2D eigenvalue weighted by Gasteiger charge is 2.33. The maximum Gasteiger partial charge on any atom is 0.343 e. The summed E-state index contributed by atoms with van der Waals surface area (Å²) in [4.78, 5) is 37.0. The van der Waals surface area contributed by atoms with Gasteiger partial charge in [-0.3, -0.25) is 14.5 Å². The summed E-state index contributed by atoms with van der Waals surface area (Å²) in [6.07, 6.45) is 0. The normalized spacial score (nSPS) is 13.0. The standard InChI is InChI=1S/C17H13NO5/c1-18-15(19)13-8-3-10(9-14(13)16(18)20)17(21)23-12-6-4-11(22-2)5-7-12/h3-9H,1-2H3. The fourth-order valence-electron chi connectivity index (χ4n) is 2.30. The molecule has 0 fully saturated rings. The van der Waals surface area contributed by atoms with Gasteiger partial charge in [-0.05, 0) is 42.5 Å². The lowest BCUT2D eigenvalue weighted by atomic mass is 10.1. The molecule has 0 bridgehead atoms. The summed E-state index contributed by atoms with van der Waals surface area (Å²) in [6, 6.07) is 10.9. The molecule has 0 saturated heterocycles. The number of benzene rings is 2. The van der Waals surface area contributed by atoms with E-state index in [-0.39, 0.29) is 17.0 Å². The average molecular weight is 311 g/mol. The van der Waals surface area contributed by atoms with Crippen molar-refractivity contribution in [2.24, 2.45) is 0 Å². The van der Waals surface area contributed by atoms with Gasteiger partial charge in [-0.2, -0.15) is 0 Å². The Kier molecular flexibility index (Phi) is 3.57. The highest BCUT2D eigenvalue weighted by molar-refractivity contribution is 6.21. The van der Waals surface area contributed by atoms with E-state index in [4.69, 9.17) is 9.47 Å². The summed E-state index contributed by atoms with van der Waals surface area (Å²) >= 11 is 0. The van der Waals surface area contributed by atoms with E-state index in [1.165, 1.54) is 25.2 Å². The van der Waals surface area contributed by atoms with Crippen LogP contribution in [0.5, 0.6) is 11.5 Å². The molecule has 1 heterocycles. The number of imide groups is 1. The first-order chi connectivity index (χ1) is 11.0. The van der Waals surface area contributed by atoms with Gasteiger partial charge in [0.25, 0.3) is 11.8 Å². The first-order valence-corrected chi connectivity index (χ1v) is 6.84. The molecule has 0 spiro atoms. The Bertz CT molecular complexity index is 810. The van der Waals surface area contributed by atoms with Gasteiger partial charge < -0.3 is 9.47 Å². The number of hydrogen-bond acceptors (Lipinski definition) is 5. The average Bonchev–Trinajstić information content (AvgIpc) is 2.79. The van der Waals surface area contributed by atoms with Crippen LogP contribution in [0.1, 0.15) is 31.1 Å². The topological polar surface area (TPSA) is 72.9 Å². The second-order valence-electron chi connectivity index (χ2n) is 4.99. The smallest absolute Gasteiger partial charge is 0.343 e. The summed E-state index contributed by atoms with van der Waals surface area (Å²) in [5, 5.41) is 0. The van der Waals surface area contributed by atoms with E-state index < -0.39 is 11.9 Å². The van der Waals surface area contributed by atoms with E-state index in [1.54, 1.807) is 31.4 Å². The molecule has 2 amide bonds. The molecule has 2 aromatic carbocycles. The molecule has 1 aliphatic heterocycles. The second-order valence-corrected chi connectivity index (χ2v) is 4.99. The molecule has 0 radical (unpaired) electrons. The zero-order valence-corrected chi connectivity index (χ0v) is 12.5. The van der Waals surface area contributed by atoms with Crippen molar-refractivity contribution in [1.82, 2.24) is 4.90 Å². The molecule has 0 saturated carbocycles. The van der Waals surface area contributed by atoms with Crippen molar-refractivity contribution in [3.05, 3.63) is 59.2 Å². The summed E-state index contributed by atoms with van der Waals surface area (Å²) in [5.41, 5.74) is 0.705. The van der Waals surface area contributed by atoms with Gasteiger partial charge in [0, 0.05) is 7.05 Å². The fraction of sp³-hybridized carbons (Fsp3) is 0.118. The van der Waals surface area contributed by atoms with Crippen LogP contribution in [0.3, 0.4) is 0 Å². The SMILES string of the molecule is COc1ccc(OC(=O)c2ccc3c(c2)C(=O)N(C)C3=O)cc1. The lowest BCUT2D eigenvalue weighted by Crippen LogP contribution is -2.24. The van der Waals surface area contributed by atoms with Crippen LogP contribution >= 0.6 is 0 Å². The zero-order chi connectivity index (χ0) is 16.6. The monoisotopic (exact) mass is 311 g/mol. The fourth-order valence-corrected chi connectivity index (χ4v) is 2.30. The predicted octanol–water partition coefficient (Wildman–Crippen LogP) is 2.14. The van der Waals surface area contributed by atoms with E-state index in [0.717, 1.165) is 4.90 Å². The summed E-state index contributed by atoms with van der Waals surface area (Å²) in [5.74, 6) is -0.401. The number of hydrogen-bond donors (Lipinski definition) is 0. The first-order valence-electron chi connectivity index (χ1n) is 6.84. The summed E-state index contributed by atoms with van der Waals surface area (Å²) in [7, 11) is 2.95. The Hall–Kier alpha value is -3.15. The number of ether oxygens (including phenoxy) is 2. The van der Waals surface area contributed by atoms with Crippen LogP contribution in [0.2, 0.25) is 0 Å². The van der Waals surface area contributed by atoms with Gasteiger partial charge in [0.05, 0.1) is 23.8 Å². The Balaban J connectivity index is 1.83. The third-order valence-electron chi connectivity index (χ3n) is 3.60. The Morgan fingerprint density at radius 3 is 2.17 bits per heavy atom. The lowest BCUT2D eigenvalue weighted by molar-refractivity contribution is 0.0691. The Morgan fingerprint density at radius 1 is 0.913 bits per heavy atom. The van der Waals surface area contributed by atoms with Crippen LogP contribution in [0.15, 0.2) is 42.5 Å². The second kappa shape index (κ2) is 5.57. The molecule has 0 atom stereocenters. The molecule has 2 aromatic rings. The van der Waals surface area contributed by atoms with Crippen LogP contribution in [0.4, 0.5) is 0 Å². The maximum absolute atomic E-state index is 12.2. The third kappa shape index (κ3) is 2.55. The zero-order valence-electron chi connectivity index (χ0n) is 12.5. The number of amides is 2. The molecular formula is C17H13NO5. The number of rotatable bonds is 3. The molecule has 6 heteroatoms. The molecule has 3 rings (SSSR count). The molecule has 0 unspecified atom stereocenters. The highest BCUT2D eigenvalue weighted by atomic mass is 16.5. The molecule has 6 nitrogen and oxygen atoms in total. The minimum atomic E-state index is -0.604. The molecule has 1 aliphatic rings. The van der Waals surface area contributed by atoms with Crippen molar-refractivity contribution in [2.75, 3.05) is 14.2 Å². The number of carbonyl (C=O) groups is 3. The van der Waals surface area contributed by atoms with Crippen LogP contribution in [-0.2, 0) is 0 Å². The van der Waals surface area contributed by atoms with Crippen molar-refractivity contribution in [2.45, 2.75) is 0 Å². The van der Waals surface area contributed by atoms with Gasteiger partial charge in [-0.25, -0.2) is 4.79 Å². The van der Waals surface area contributed by atoms with Gasteiger partial charge >= 0.3 is 5.97 Å². The van der Waals surface area contributed by atoms with Gasteiger partial charge in [-0.15, -0.1) is 0 Å². The van der Waals surface area contributed by atoms with E-state index >= 15 is 0 Å². The van der Waals surface area contributed by atoms with E-state index in [1.807, 2.05) is 0 Å². The Labute approximate surface area is 132 Å². The highest BCUT2D eigenvalue weighted by Crippen LogP contribution is 2.24. The van der Waals surface area contributed by atoms with Crippen molar-refractivity contribution in [3.63, 3.8) is 0 Å². The quantitative estimate of drug-likeness (QED) is 0.493. The molecular weight excluding hydrogens is 298 g/mol. The minimum absolute atomic E-state index is 0.205. The van der Waals surface area contributed by atoms with Crippen molar-refractivity contribution in [3.8, 4) is 11.5 Å². The van der Waals surface area contributed by atoms with Gasteiger partial charge in [0.15, 0.2) is 0 Å². The molecule has 0 aromatic heterocycles. The van der Waals surface area contributed by atoms with E-state index in [0.29, 0.717) is 17.1 Å². The number of fused-ring (bicyclic) bond motifs is 1. The predicted molar refractivity (Wildman–Crippen MR) is 80.8 cm³/mol.